The first kappa shape index (κ1) is 40.1. The summed E-state index contributed by atoms with van der Waals surface area (Å²) in [6.07, 6.45) is 33.8. The van der Waals surface area contributed by atoms with Gasteiger partial charge >= 0.3 is 6.03 Å². The Bertz CT molecular complexity index is 952. The van der Waals surface area contributed by atoms with Crippen LogP contribution < -0.4 is 21.7 Å². The fourth-order valence-corrected chi connectivity index (χ4v) is 10.2. The van der Waals surface area contributed by atoms with Crippen LogP contribution in [0, 0.1) is 35.5 Å². The molecule has 282 valence electrons. The number of hydrogen-bond acceptors (Lipinski definition) is 4. The van der Waals surface area contributed by atoms with Crippen LogP contribution in [0.3, 0.4) is 0 Å². The maximum Gasteiger partial charge on any atom is 0.312 e. The van der Waals surface area contributed by atoms with Gasteiger partial charge in [0.1, 0.15) is 0 Å². The van der Waals surface area contributed by atoms with E-state index in [0.717, 1.165) is 42.9 Å². The van der Waals surface area contributed by atoms with Gasteiger partial charge in [-0.3, -0.25) is 9.59 Å². The van der Waals surface area contributed by atoms with Crippen LogP contribution in [0.1, 0.15) is 187 Å². The van der Waals surface area contributed by atoms with Crippen molar-refractivity contribution in [3.8, 4) is 0 Å². The molecular weight excluding hydrogens is 608 g/mol. The van der Waals surface area contributed by atoms with Gasteiger partial charge in [0, 0.05) is 19.0 Å². The first-order valence-corrected chi connectivity index (χ1v) is 21.4. The number of urea groups is 1. The third-order valence-electron chi connectivity index (χ3n) is 13.1. The van der Waals surface area contributed by atoms with E-state index in [2.05, 4.69) is 29.8 Å². The summed E-state index contributed by atoms with van der Waals surface area (Å²) >= 11 is 0. The van der Waals surface area contributed by atoms with E-state index in [0.29, 0.717) is 37.8 Å². The summed E-state index contributed by atoms with van der Waals surface area (Å²) < 4.78 is 0. The number of primary amides is 1. The molecule has 0 aromatic rings. The minimum atomic E-state index is -0.548. The molecule has 6 atom stereocenters. The third kappa shape index (κ3) is 14.9. The Labute approximate surface area is 300 Å². The number of nitrogens with one attached hydrogen (secondary N) is 3. The van der Waals surface area contributed by atoms with Gasteiger partial charge in [0.2, 0.25) is 5.91 Å². The molecule has 4 aliphatic rings. The molecule has 4 fully saturated rings. The summed E-state index contributed by atoms with van der Waals surface area (Å²) in [4.78, 5) is 39.1. The smallest absolute Gasteiger partial charge is 0.312 e. The topological polar surface area (TPSA) is 113 Å². The molecule has 4 rings (SSSR count). The van der Waals surface area contributed by atoms with Crippen molar-refractivity contribution in [2.24, 2.45) is 41.2 Å². The quantitative estimate of drug-likeness (QED) is 0.129. The average molecular weight is 685 g/mol. The zero-order chi connectivity index (χ0) is 34.8. The van der Waals surface area contributed by atoms with Gasteiger partial charge in [-0.15, -0.1) is 0 Å². The summed E-state index contributed by atoms with van der Waals surface area (Å²) in [7, 11) is 0. The number of rotatable bonds is 15. The molecule has 0 aromatic carbocycles. The molecule has 0 heterocycles. The van der Waals surface area contributed by atoms with E-state index >= 15 is 0 Å². The highest BCUT2D eigenvalue weighted by Gasteiger charge is 2.35. The van der Waals surface area contributed by atoms with Gasteiger partial charge in [-0.05, 0) is 93.3 Å². The van der Waals surface area contributed by atoms with Crippen molar-refractivity contribution in [3.63, 3.8) is 0 Å². The van der Waals surface area contributed by atoms with Crippen molar-refractivity contribution in [1.29, 1.82) is 0 Å². The van der Waals surface area contributed by atoms with E-state index in [4.69, 9.17) is 5.73 Å². The first-order chi connectivity index (χ1) is 23.8. The number of carbonyl (C=O) groups is 3. The highest BCUT2D eigenvalue weighted by atomic mass is 16.2. The van der Waals surface area contributed by atoms with Crippen molar-refractivity contribution in [2.45, 2.75) is 205 Å². The van der Waals surface area contributed by atoms with E-state index in [1.165, 1.54) is 135 Å². The fraction of sp³-hybridized carbons (Fsp3) is 0.929. The van der Waals surface area contributed by atoms with Crippen molar-refractivity contribution >= 4 is 17.7 Å². The Morgan fingerprint density at radius 3 is 1.86 bits per heavy atom. The number of nitrogens with two attached hydrogens (primary N) is 1. The zero-order valence-electron chi connectivity index (χ0n) is 31.8. The van der Waals surface area contributed by atoms with Crippen LogP contribution in [0.4, 0.5) is 4.79 Å². The lowest BCUT2D eigenvalue weighted by Gasteiger charge is -2.28. The van der Waals surface area contributed by atoms with Crippen molar-refractivity contribution in [3.05, 3.63) is 0 Å². The van der Waals surface area contributed by atoms with Gasteiger partial charge in [-0.25, -0.2) is 4.79 Å². The van der Waals surface area contributed by atoms with Gasteiger partial charge in [-0.2, -0.15) is 0 Å². The predicted molar refractivity (Wildman–Crippen MR) is 202 cm³/mol. The number of hydrogen-bond donors (Lipinski definition) is 4. The van der Waals surface area contributed by atoms with Gasteiger partial charge < -0.3 is 21.7 Å². The van der Waals surface area contributed by atoms with E-state index in [1.54, 1.807) is 0 Å². The second kappa shape index (κ2) is 22.3. The zero-order valence-corrected chi connectivity index (χ0v) is 31.8. The molecule has 3 amide bonds. The van der Waals surface area contributed by atoms with Crippen LogP contribution >= 0.6 is 0 Å². The van der Waals surface area contributed by atoms with Crippen LogP contribution in [0.15, 0.2) is 0 Å². The molecule has 0 radical (unpaired) electrons. The maximum atomic E-state index is 13.9. The summed E-state index contributed by atoms with van der Waals surface area (Å²) in [6, 6.07) is -1.01. The normalized spacial score (nSPS) is 28.2. The predicted octanol–water partition coefficient (Wildman–Crippen LogP) is 9.36. The van der Waals surface area contributed by atoms with Gasteiger partial charge in [-0.1, -0.05) is 123 Å². The highest BCUT2D eigenvalue weighted by Crippen LogP contribution is 2.42. The Kier molecular flexibility index (Phi) is 18.3. The van der Waals surface area contributed by atoms with E-state index in [9.17, 15) is 14.4 Å². The van der Waals surface area contributed by atoms with E-state index < -0.39 is 12.1 Å². The first-order valence-electron chi connectivity index (χ1n) is 21.4. The molecule has 49 heavy (non-hydrogen) atoms. The summed E-state index contributed by atoms with van der Waals surface area (Å²) in [5.74, 6) is 3.90. The van der Waals surface area contributed by atoms with E-state index in [1.807, 2.05) is 0 Å². The molecule has 4 saturated carbocycles. The van der Waals surface area contributed by atoms with Crippen molar-refractivity contribution < 1.29 is 14.4 Å². The fourth-order valence-electron chi connectivity index (χ4n) is 10.2. The van der Waals surface area contributed by atoms with Gasteiger partial charge in [0.05, 0.1) is 12.1 Å². The lowest BCUT2D eigenvalue weighted by Crippen LogP contribution is -2.54. The van der Waals surface area contributed by atoms with Gasteiger partial charge in [0.15, 0.2) is 5.78 Å². The third-order valence-corrected chi connectivity index (χ3v) is 13.1. The Balaban J connectivity index is 1.29. The lowest BCUT2D eigenvalue weighted by molar-refractivity contribution is -0.130. The number of ketones is 1. The molecule has 4 unspecified atom stereocenters. The second-order valence-electron chi connectivity index (χ2n) is 17.5. The molecule has 7 nitrogen and oxygen atoms in total. The van der Waals surface area contributed by atoms with Crippen molar-refractivity contribution in [2.75, 3.05) is 6.54 Å². The minimum Gasteiger partial charge on any atom is -0.352 e. The molecule has 0 spiro atoms. The molecule has 7 heteroatoms. The molecule has 0 aromatic heterocycles. The molecule has 0 bridgehead atoms. The monoisotopic (exact) mass is 685 g/mol. The van der Waals surface area contributed by atoms with Crippen LogP contribution in [0.5, 0.6) is 0 Å². The largest absolute Gasteiger partial charge is 0.352 e. The minimum absolute atomic E-state index is 0.0401. The van der Waals surface area contributed by atoms with Crippen molar-refractivity contribution in [1.82, 2.24) is 16.0 Å². The average Bonchev–Trinajstić information content (AvgIpc) is 3.75. The van der Waals surface area contributed by atoms with Crippen LogP contribution in [0.2, 0.25) is 0 Å². The number of amides is 3. The molecule has 4 aliphatic carbocycles. The maximum absolute atomic E-state index is 13.9. The molecule has 0 saturated heterocycles. The van der Waals surface area contributed by atoms with Gasteiger partial charge in [0.25, 0.3) is 0 Å². The SMILES string of the molecule is CC(C)[C@@H](NC1CCC(CC2CCCCCCCC2)C1)C(=O)N[C@H](CCCNC(N)=O)C(=O)CC1CCC(C2CCCCCCCCC2)C1. The Morgan fingerprint density at radius 2 is 1.24 bits per heavy atom. The summed E-state index contributed by atoms with van der Waals surface area (Å²) in [5.41, 5.74) is 5.31. The van der Waals surface area contributed by atoms with Crippen LogP contribution in [0.25, 0.3) is 0 Å². The standard InChI is InChI=1S/C42H76N4O3/c1-31(2)40(45-37-25-23-33(29-37)27-32-17-12-8-6-7-9-13-18-32)41(48)46-38(21-16-26-44-42(43)49)39(47)30-34-22-24-36(28-34)35-19-14-10-4-3-5-11-15-20-35/h31-38,40,45H,3-30H2,1-2H3,(H,46,48)(H3,43,44,49)/t33?,34?,36?,37?,38-,40-/m1/s1. The molecular formula is C42H76N4O3. The number of carbonyl (C=O) groups excluding carboxylic acids is 3. The summed E-state index contributed by atoms with van der Waals surface area (Å²) in [6.45, 7) is 4.65. The van der Waals surface area contributed by atoms with Crippen LogP contribution in [-0.4, -0.2) is 42.4 Å². The second-order valence-corrected chi connectivity index (χ2v) is 17.5. The summed E-state index contributed by atoms with van der Waals surface area (Å²) in [5, 5.41) is 9.68. The molecule has 5 N–H and O–H groups in total. The lowest BCUT2D eigenvalue weighted by atomic mass is 9.81. The van der Waals surface area contributed by atoms with Crippen LogP contribution in [-0.2, 0) is 9.59 Å². The Hall–Kier alpha value is -1.63. The Morgan fingerprint density at radius 1 is 0.653 bits per heavy atom. The molecule has 0 aliphatic heterocycles. The number of Topliss-reactive ketones (excluding diaryl/α,β-unsaturated/α-hetero) is 1. The highest BCUT2D eigenvalue weighted by molar-refractivity contribution is 5.91. The van der Waals surface area contributed by atoms with E-state index in [-0.39, 0.29) is 23.7 Å².